The molecular formula is C4H6CoO2. The molecule has 2 nitrogen and oxygen atoms in total. The van der Waals surface area contributed by atoms with Gasteiger partial charge in [0.05, 0.1) is 0 Å². The van der Waals surface area contributed by atoms with Gasteiger partial charge in [0.1, 0.15) is 12.6 Å². The Labute approximate surface area is 52.5 Å². The van der Waals surface area contributed by atoms with Gasteiger partial charge in [0.15, 0.2) is 0 Å². The van der Waals surface area contributed by atoms with Gasteiger partial charge in [-0.05, 0) is 0 Å². The summed E-state index contributed by atoms with van der Waals surface area (Å²) in [5, 5.41) is 0. The molecule has 0 fully saturated rings. The van der Waals surface area contributed by atoms with Crippen molar-refractivity contribution in [1.29, 1.82) is 0 Å². The zero-order valence-corrected chi connectivity index (χ0v) is 4.76. The van der Waals surface area contributed by atoms with Crippen LogP contribution in [0.2, 0.25) is 0 Å². The summed E-state index contributed by atoms with van der Waals surface area (Å²) in [6, 6.07) is 0. The second-order valence-corrected chi connectivity index (χ2v) is 0.911. The monoisotopic (exact) mass is 145 g/mol. The van der Waals surface area contributed by atoms with Gasteiger partial charge in [0.25, 0.3) is 0 Å². The van der Waals surface area contributed by atoms with Crippen molar-refractivity contribution in [3.63, 3.8) is 0 Å². The molecule has 0 aromatic rings. The zero-order valence-electron chi connectivity index (χ0n) is 3.72. The molecule has 0 saturated heterocycles. The van der Waals surface area contributed by atoms with Gasteiger partial charge < -0.3 is 9.59 Å². The van der Waals surface area contributed by atoms with Crippen molar-refractivity contribution in [3.8, 4) is 0 Å². The van der Waals surface area contributed by atoms with Gasteiger partial charge in [-0.2, -0.15) is 0 Å². The maximum atomic E-state index is 9.40. The zero-order chi connectivity index (χ0) is 4.83. The van der Waals surface area contributed by atoms with Gasteiger partial charge in [-0.15, -0.1) is 0 Å². The van der Waals surface area contributed by atoms with E-state index in [1.165, 1.54) is 0 Å². The minimum atomic E-state index is 0. The van der Waals surface area contributed by atoms with Crippen LogP contribution in [0.1, 0.15) is 12.8 Å². The number of hydrogen-bond donors (Lipinski definition) is 0. The van der Waals surface area contributed by atoms with Crippen LogP contribution in [0.25, 0.3) is 0 Å². The Bertz CT molecular complexity index is 45.7. The molecule has 0 aliphatic rings. The van der Waals surface area contributed by atoms with Crippen LogP contribution >= 0.6 is 0 Å². The van der Waals surface area contributed by atoms with Gasteiger partial charge in [-0.1, -0.05) is 0 Å². The number of carbonyl (C=O) groups excluding carboxylic acids is 2. The van der Waals surface area contributed by atoms with E-state index in [4.69, 9.17) is 0 Å². The molecule has 0 aromatic heterocycles. The Morgan fingerprint density at radius 2 is 1.29 bits per heavy atom. The molecule has 0 spiro atoms. The first-order valence-corrected chi connectivity index (χ1v) is 1.79. The van der Waals surface area contributed by atoms with E-state index in [2.05, 4.69) is 0 Å². The van der Waals surface area contributed by atoms with Crippen LogP contribution in [-0.4, -0.2) is 12.6 Å². The molecule has 43 valence electrons. The average Bonchev–Trinajstić information content (AvgIpc) is 1.61. The quantitative estimate of drug-likeness (QED) is 0.418. The summed E-state index contributed by atoms with van der Waals surface area (Å²) < 4.78 is 0. The van der Waals surface area contributed by atoms with E-state index in [-0.39, 0.29) is 16.8 Å². The number of rotatable bonds is 3. The molecule has 0 aromatic carbocycles. The topological polar surface area (TPSA) is 34.1 Å². The number of aldehydes is 2. The van der Waals surface area contributed by atoms with Crippen LogP contribution in [0, 0.1) is 0 Å². The third-order valence-corrected chi connectivity index (χ3v) is 0.402. The maximum Gasteiger partial charge on any atom is 0.120 e. The standard InChI is InChI=1S/C4H6O2.Co/c5-3-1-2-4-6;/h3-4H,1-2H2;. The maximum absolute atomic E-state index is 9.40. The minimum Gasteiger partial charge on any atom is -0.303 e. The van der Waals surface area contributed by atoms with E-state index in [9.17, 15) is 9.59 Å². The average molecular weight is 145 g/mol. The van der Waals surface area contributed by atoms with E-state index in [1.54, 1.807) is 0 Å². The van der Waals surface area contributed by atoms with Crippen molar-refractivity contribution in [2.75, 3.05) is 0 Å². The van der Waals surface area contributed by atoms with E-state index in [0.717, 1.165) is 12.6 Å². The number of unbranched alkanes of at least 4 members (excludes halogenated alkanes) is 1. The molecule has 0 saturated carbocycles. The molecule has 0 atom stereocenters. The summed E-state index contributed by atoms with van der Waals surface area (Å²) in [4.78, 5) is 18.8. The molecule has 0 rings (SSSR count). The normalized spacial score (nSPS) is 6.29. The SMILES string of the molecule is O=CCCC=O.[Co]. The molecule has 7 heavy (non-hydrogen) atoms. The van der Waals surface area contributed by atoms with Crippen LogP contribution in [0.4, 0.5) is 0 Å². The summed E-state index contributed by atoms with van der Waals surface area (Å²) in [7, 11) is 0. The fourth-order valence-corrected chi connectivity index (χ4v) is 0.136. The van der Waals surface area contributed by atoms with Crippen LogP contribution in [-0.2, 0) is 26.4 Å². The van der Waals surface area contributed by atoms with E-state index >= 15 is 0 Å². The van der Waals surface area contributed by atoms with E-state index < -0.39 is 0 Å². The Morgan fingerprint density at radius 1 is 1.00 bits per heavy atom. The summed E-state index contributed by atoms with van der Waals surface area (Å²) in [6.45, 7) is 0. The molecule has 0 unspecified atom stereocenters. The predicted octanol–water partition coefficient (Wildman–Crippen LogP) is 0.162. The van der Waals surface area contributed by atoms with Crippen molar-refractivity contribution in [1.82, 2.24) is 0 Å². The van der Waals surface area contributed by atoms with Crippen LogP contribution in [0.5, 0.6) is 0 Å². The first kappa shape index (κ1) is 9.96. The van der Waals surface area contributed by atoms with Crippen molar-refractivity contribution < 1.29 is 26.4 Å². The largest absolute Gasteiger partial charge is 0.303 e. The second-order valence-electron chi connectivity index (χ2n) is 0.911. The second kappa shape index (κ2) is 9.28. The van der Waals surface area contributed by atoms with E-state index in [1.807, 2.05) is 0 Å². The Kier molecular flexibility index (Phi) is 13.2. The summed E-state index contributed by atoms with van der Waals surface area (Å²) in [5.74, 6) is 0. The molecule has 0 aliphatic heterocycles. The Balaban J connectivity index is 0. The van der Waals surface area contributed by atoms with Gasteiger partial charge in [-0.3, -0.25) is 0 Å². The molecule has 3 heteroatoms. The number of carbonyl (C=O) groups is 2. The van der Waals surface area contributed by atoms with Gasteiger partial charge in [0.2, 0.25) is 0 Å². The molecule has 1 radical (unpaired) electrons. The van der Waals surface area contributed by atoms with Crippen molar-refractivity contribution in [3.05, 3.63) is 0 Å². The minimum absolute atomic E-state index is 0. The summed E-state index contributed by atoms with van der Waals surface area (Å²) >= 11 is 0. The summed E-state index contributed by atoms with van der Waals surface area (Å²) in [5.41, 5.74) is 0. The van der Waals surface area contributed by atoms with Crippen LogP contribution < -0.4 is 0 Å². The van der Waals surface area contributed by atoms with Gasteiger partial charge in [-0.25, -0.2) is 0 Å². The molecule has 0 aliphatic carbocycles. The fourth-order valence-electron chi connectivity index (χ4n) is 0.136. The number of hydrogen-bond acceptors (Lipinski definition) is 2. The first-order chi connectivity index (χ1) is 2.91. The smallest absolute Gasteiger partial charge is 0.120 e. The van der Waals surface area contributed by atoms with E-state index in [0.29, 0.717) is 12.8 Å². The molecule has 0 N–H and O–H groups in total. The first-order valence-electron chi connectivity index (χ1n) is 1.79. The predicted molar refractivity (Wildman–Crippen MR) is 21.4 cm³/mol. The molecule has 0 amide bonds. The fraction of sp³-hybridized carbons (Fsp3) is 0.500. The van der Waals surface area contributed by atoms with Crippen molar-refractivity contribution in [2.24, 2.45) is 0 Å². The van der Waals surface area contributed by atoms with Crippen LogP contribution in [0.15, 0.2) is 0 Å². The van der Waals surface area contributed by atoms with Crippen molar-refractivity contribution >= 4 is 12.6 Å². The molecular weight excluding hydrogens is 139 g/mol. The van der Waals surface area contributed by atoms with Gasteiger partial charge >= 0.3 is 0 Å². The summed E-state index contributed by atoms with van der Waals surface area (Å²) in [6.07, 6.45) is 2.19. The Hall–Kier alpha value is -0.154. The van der Waals surface area contributed by atoms with Gasteiger partial charge in [0, 0.05) is 29.6 Å². The third kappa shape index (κ3) is 10.7. The Morgan fingerprint density at radius 3 is 1.43 bits per heavy atom. The van der Waals surface area contributed by atoms with Crippen molar-refractivity contribution in [2.45, 2.75) is 12.8 Å². The van der Waals surface area contributed by atoms with Crippen LogP contribution in [0.3, 0.4) is 0 Å². The molecule has 0 bridgehead atoms. The third-order valence-electron chi connectivity index (χ3n) is 0.402. The molecule has 0 heterocycles.